The van der Waals surface area contributed by atoms with E-state index in [9.17, 15) is 9.59 Å². The number of aromatic nitrogens is 1. The molecule has 0 fully saturated rings. The topological polar surface area (TPSA) is 68.3 Å². The predicted molar refractivity (Wildman–Crippen MR) is 97.3 cm³/mol. The second-order valence-corrected chi connectivity index (χ2v) is 6.54. The van der Waals surface area contributed by atoms with Gasteiger partial charge >= 0.3 is 5.97 Å². The van der Waals surface area contributed by atoms with Gasteiger partial charge in [0.05, 0.1) is 5.56 Å². The number of nitrogens with zero attached hydrogens (tertiary/aromatic N) is 1. The van der Waals surface area contributed by atoms with Gasteiger partial charge in [0.25, 0.3) is 5.91 Å². The molecule has 2 rings (SSSR count). The van der Waals surface area contributed by atoms with Crippen LogP contribution in [-0.4, -0.2) is 23.5 Å². The van der Waals surface area contributed by atoms with Gasteiger partial charge in [-0.15, -0.1) is 0 Å². The molecule has 2 aromatic rings. The molecule has 1 heterocycles. The molecule has 0 bridgehead atoms. The Morgan fingerprint density at radius 2 is 1.88 bits per heavy atom. The van der Waals surface area contributed by atoms with E-state index in [1.54, 1.807) is 38.1 Å². The third kappa shape index (κ3) is 5.33. The van der Waals surface area contributed by atoms with Gasteiger partial charge in [-0.2, -0.15) is 0 Å². The van der Waals surface area contributed by atoms with E-state index < -0.39 is 18.5 Å². The molecule has 0 aliphatic carbocycles. The number of carbonyl (C=O) groups excluding carboxylic acids is 2. The SMILES string of the molecule is Cc1cc(C)c(C(=O)OCC(=O)NCc2ccc(Cl)cc2Cl)c(Cl)n1. The molecule has 0 aliphatic heterocycles. The zero-order valence-corrected chi connectivity index (χ0v) is 15.8. The number of aryl methyl sites for hydroxylation is 2. The molecule has 1 aromatic heterocycles. The van der Waals surface area contributed by atoms with Crippen LogP contribution in [0.1, 0.15) is 27.2 Å². The number of pyridine rings is 1. The standard InChI is InChI=1S/C17H15Cl3N2O3/c1-9-5-10(2)22-16(20)15(9)17(24)25-8-14(23)21-7-11-3-4-12(18)6-13(11)19/h3-6H,7-8H2,1-2H3,(H,21,23). The molecule has 132 valence electrons. The number of amides is 1. The second kappa shape index (κ2) is 8.52. The van der Waals surface area contributed by atoms with Gasteiger partial charge in [-0.1, -0.05) is 40.9 Å². The Labute approximate surface area is 160 Å². The van der Waals surface area contributed by atoms with Crippen LogP contribution in [0.5, 0.6) is 0 Å². The fraction of sp³-hybridized carbons (Fsp3) is 0.235. The van der Waals surface area contributed by atoms with Crippen molar-refractivity contribution in [2.24, 2.45) is 0 Å². The Balaban J connectivity index is 1.91. The number of hydrogen-bond donors (Lipinski definition) is 1. The molecule has 25 heavy (non-hydrogen) atoms. The van der Waals surface area contributed by atoms with Crippen LogP contribution in [0.15, 0.2) is 24.3 Å². The van der Waals surface area contributed by atoms with Gasteiger partial charge in [0.2, 0.25) is 0 Å². The van der Waals surface area contributed by atoms with Crippen molar-refractivity contribution in [3.63, 3.8) is 0 Å². The van der Waals surface area contributed by atoms with Crippen molar-refractivity contribution in [1.29, 1.82) is 0 Å². The summed E-state index contributed by atoms with van der Waals surface area (Å²) in [7, 11) is 0. The number of esters is 1. The molecule has 5 nitrogen and oxygen atoms in total. The molecule has 0 unspecified atom stereocenters. The lowest BCUT2D eigenvalue weighted by molar-refractivity contribution is -0.124. The van der Waals surface area contributed by atoms with Crippen LogP contribution in [0.3, 0.4) is 0 Å². The van der Waals surface area contributed by atoms with E-state index in [-0.39, 0.29) is 17.3 Å². The molecular weight excluding hydrogens is 387 g/mol. The van der Waals surface area contributed by atoms with Crippen molar-refractivity contribution in [3.8, 4) is 0 Å². The monoisotopic (exact) mass is 400 g/mol. The van der Waals surface area contributed by atoms with E-state index in [2.05, 4.69) is 10.3 Å². The molecule has 1 N–H and O–H groups in total. The highest BCUT2D eigenvalue weighted by Gasteiger charge is 2.18. The summed E-state index contributed by atoms with van der Waals surface area (Å²) in [4.78, 5) is 28.0. The Bertz CT molecular complexity index is 802. The summed E-state index contributed by atoms with van der Waals surface area (Å²) in [5, 5.41) is 3.61. The number of hydrogen-bond acceptors (Lipinski definition) is 4. The molecule has 1 aromatic carbocycles. The third-order valence-electron chi connectivity index (χ3n) is 3.33. The van der Waals surface area contributed by atoms with Gasteiger partial charge in [-0.3, -0.25) is 4.79 Å². The summed E-state index contributed by atoms with van der Waals surface area (Å²) in [6.45, 7) is 3.25. The normalized spacial score (nSPS) is 10.4. The number of rotatable bonds is 5. The summed E-state index contributed by atoms with van der Waals surface area (Å²) in [5.41, 5.74) is 2.18. The Hall–Kier alpha value is -1.82. The van der Waals surface area contributed by atoms with Crippen molar-refractivity contribution in [1.82, 2.24) is 10.3 Å². The largest absolute Gasteiger partial charge is 0.452 e. The first-order chi connectivity index (χ1) is 11.8. The zero-order valence-electron chi connectivity index (χ0n) is 13.5. The summed E-state index contributed by atoms with van der Waals surface area (Å²) in [6.07, 6.45) is 0. The lowest BCUT2D eigenvalue weighted by Crippen LogP contribution is -2.28. The highest BCUT2D eigenvalue weighted by molar-refractivity contribution is 6.35. The van der Waals surface area contributed by atoms with Crippen LogP contribution in [0.2, 0.25) is 15.2 Å². The Kier molecular flexibility index (Phi) is 6.64. The van der Waals surface area contributed by atoms with E-state index in [0.717, 1.165) is 0 Å². The maximum atomic E-state index is 12.1. The van der Waals surface area contributed by atoms with Gasteiger partial charge in [0.1, 0.15) is 5.15 Å². The average molecular weight is 402 g/mol. The molecule has 0 radical (unpaired) electrons. The van der Waals surface area contributed by atoms with Crippen molar-refractivity contribution in [2.45, 2.75) is 20.4 Å². The molecule has 0 saturated carbocycles. The quantitative estimate of drug-likeness (QED) is 0.604. The number of nitrogens with one attached hydrogen (secondary N) is 1. The van der Waals surface area contributed by atoms with Crippen LogP contribution >= 0.6 is 34.8 Å². The minimum Gasteiger partial charge on any atom is -0.452 e. The number of halogens is 3. The van der Waals surface area contributed by atoms with Crippen molar-refractivity contribution in [2.75, 3.05) is 6.61 Å². The number of ether oxygens (including phenoxy) is 1. The van der Waals surface area contributed by atoms with Crippen molar-refractivity contribution in [3.05, 3.63) is 61.8 Å². The number of benzene rings is 1. The molecule has 8 heteroatoms. The highest BCUT2D eigenvalue weighted by Crippen LogP contribution is 2.21. The van der Waals surface area contributed by atoms with Gasteiger partial charge in [0, 0.05) is 22.3 Å². The molecule has 0 aliphatic rings. The average Bonchev–Trinajstić information content (AvgIpc) is 2.51. The zero-order chi connectivity index (χ0) is 18.6. The van der Waals surface area contributed by atoms with Crippen molar-refractivity contribution >= 4 is 46.7 Å². The second-order valence-electron chi connectivity index (χ2n) is 5.33. The third-order valence-corrected chi connectivity index (χ3v) is 4.19. The first kappa shape index (κ1) is 19.5. The van der Waals surface area contributed by atoms with Gasteiger partial charge in [-0.25, -0.2) is 9.78 Å². The van der Waals surface area contributed by atoms with E-state index in [4.69, 9.17) is 39.5 Å². The van der Waals surface area contributed by atoms with Crippen LogP contribution in [0.25, 0.3) is 0 Å². The van der Waals surface area contributed by atoms with E-state index in [1.165, 1.54) is 0 Å². The molecule has 0 saturated heterocycles. The lowest BCUT2D eigenvalue weighted by Gasteiger charge is -2.10. The Morgan fingerprint density at radius 1 is 1.16 bits per heavy atom. The fourth-order valence-corrected chi connectivity index (χ4v) is 2.98. The smallest absolute Gasteiger partial charge is 0.342 e. The molecule has 1 amide bonds. The van der Waals surface area contributed by atoms with E-state index in [0.29, 0.717) is 26.9 Å². The highest BCUT2D eigenvalue weighted by atomic mass is 35.5. The molecule has 0 spiro atoms. The van der Waals surface area contributed by atoms with Crippen LogP contribution in [-0.2, 0) is 16.1 Å². The minimum absolute atomic E-state index is 0.0517. The summed E-state index contributed by atoms with van der Waals surface area (Å²) in [6, 6.07) is 6.67. The fourth-order valence-electron chi connectivity index (χ4n) is 2.15. The maximum absolute atomic E-state index is 12.1. The summed E-state index contributed by atoms with van der Waals surface area (Å²) in [5.74, 6) is -1.16. The molecular formula is C17H15Cl3N2O3. The van der Waals surface area contributed by atoms with Crippen molar-refractivity contribution < 1.29 is 14.3 Å². The summed E-state index contributed by atoms with van der Waals surface area (Å²) >= 11 is 17.8. The molecule has 0 atom stereocenters. The minimum atomic E-state index is -0.699. The first-order valence-corrected chi connectivity index (χ1v) is 8.43. The van der Waals surface area contributed by atoms with Gasteiger partial charge in [-0.05, 0) is 43.2 Å². The van der Waals surface area contributed by atoms with E-state index >= 15 is 0 Å². The summed E-state index contributed by atoms with van der Waals surface area (Å²) < 4.78 is 5.00. The first-order valence-electron chi connectivity index (χ1n) is 7.29. The van der Waals surface area contributed by atoms with E-state index in [1.807, 2.05) is 0 Å². The van der Waals surface area contributed by atoms with Crippen LogP contribution in [0.4, 0.5) is 0 Å². The number of carbonyl (C=O) groups is 2. The van der Waals surface area contributed by atoms with Gasteiger partial charge in [0.15, 0.2) is 6.61 Å². The van der Waals surface area contributed by atoms with Gasteiger partial charge < -0.3 is 10.1 Å². The predicted octanol–water partition coefficient (Wildman–Crippen LogP) is 4.13. The van der Waals surface area contributed by atoms with Crippen LogP contribution < -0.4 is 5.32 Å². The lowest BCUT2D eigenvalue weighted by atomic mass is 10.1. The Morgan fingerprint density at radius 3 is 2.52 bits per heavy atom. The maximum Gasteiger partial charge on any atom is 0.342 e. The van der Waals surface area contributed by atoms with Crippen LogP contribution in [0, 0.1) is 13.8 Å².